The van der Waals surface area contributed by atoms with E-state index in [-0.39, 0.29) is 18.5 Å². The summed E-state index contributed by atoms with van der Waals surface area (Å²) >= 11 is 0. The van der Waals surface area contributed by atoms with Crippen LogP contribution in [-0.4, -0.2) is 59.5 Å². The molecule has 1 amide bonds. The predicted octanol–water partition coefficient (Wildman–Crippen LogP) is 3.44. The third kappa shape index (κ3) is 5.10. The smallest absolute Gasteiger partial charge is 0.317 e. The number of likely N-dealkylation sites (tertiary alicyclic amines) is 1. The third-order valence-corrected chi connectivity index (χ3v) is 5.20. The lowest BCUT2D eigenvalue weighted by molar-refractivity contribution is -0.138. The predicted molar refractivity (Wildman–Crippen MR) is 110 cm³/mol. The van der Waals surface area contributed by atoms with E-state index in [2.05, 4.69) is 5.32 Å². The summed E-state index contributed by atoms with van der Waals surface area (Å²) in [5.74, 6) is -0.804. The second-order valence-electron chi connectivity index (χ2n) is 7.22. The quantitative estimate of drug-likeness (QED) is 0.802. The average Bonchev–Trinajstić information content (AvgIpc) is 2.94. The van der Waals surface area contributed by atoms with Crippen molar-refractivity contribution in [2.24, 2.45) is 0 Å². The lowest BCUT2D eigenvalue weighted by Crippen LogP contribution is -2.37. The first-order valence-electron chi connectivity index (χ1n) is 9.67. The van der Waals surface area contributed by atoms with E-state index < -0.39 is 5.97 Å². The van der Waals surface area contributed by atoms with Gasteiger partial charge in [0.2, 0.25) is 0 Å². The van der Waals surface area contributed by atoms with Crippen LogP contribution in [0.25, 0.3) is 0 Å². The maximum atomic E-state index is 13.2. The molecule has 0 radical (unpaired) electrons. The summed E-state index contributed by atoms with van der Waals surface area (Å²) in [4.78, 5) is 27.9. The zero-order valence-electron chi connectivity index (χ0n) is 16.2. The van der Waals surface area contributed by atoms with Crippen molar-refractivity contribution in [3.05, 3.63) is 60.2 Å². The molecule has 2 aromatic carbocycles. The number of carbonyl (C=O) groups excluding carboxylic acids is 1. The Kier molecular flexibility index (Phi) is 6.66. The summed E-state index contributed by atoms with van der Waals surface area (Å²) in [7, 11) is 1.84. The molecule has 1 aliphatic rings. The minimum Gasteiger partial charge on any atom is -0.480 e. The minimum absolute atomic E-state index is 0.0144. The Balaban J connectivity index is 1.70. The number of anilines is 2. The van der Waals surface area contributed by atoms with Crippen LogP contribution in [0.5, 0.6) is 0 Å². The van der Waals surface area contributed by atoms with E-state index in [9.17, 15) is 9.59 Å². The molecule has 1 heterocycles. The second kappa shape index (κ2) is 9.37. The molecular weight excluding hydrogens is 354 g/mol. The lowest BCUT2D eigenvalue weighted by atomic mass is 10.1. The fourth-order valence-corrected chi connectivity index (χ4v) is 3.69. The van der Waals surface area contributed by atoms with Crippen molar-refractivity contribution in [3.8, 4) is 0 Å². The van der Waals surface area contributed by atoms with Crippen molar-refractivity contribution in [1.29, 1.82) is 0 Å². The molecule has 1 atom stereocenters. The molecule has 2 N–H and O–H groups in total. The molecule has 0 saturated carbocycles. The van der Waals surface area contributed by atoms with Gasteiger partial charge in [0.15, 0.2) is 0 Å². The molecule has 3 rings (SSSR count). The van der Waals surface area contributed by atoms with Gasteiger partial charge in [-0.3, -0.25) is 14.5 Å². The fourth-order valence-electron chi connectivity index (χ4n) is 3.69. The molecule has 28 heavy (non-hydrogen) atoms. The average molecular weight is 381 g/mol. The molecule has 6 nitrogen and oxygen atoms in total. The van der Waals surface area contributed by atoms with Gasteiger partial charge in [-0.25, -0.2) is 0 Å². The highest BCUT2D eigenvalue weighted by Gasteiger charge is 2.25. The standard InChI is InChI=1S/C22H27N3O3/c1-24(16-21(26)27)18-10-7-14-25(15-13-18)22(28)19-11-5-6-12-20(19)23-17-8-3-2-4-9-17/h2-6,8-9,11-12,18,23H,7,10,13-16H2,1H3,(H,26,27). The largest absolute Gasteiger partial charge is 0.480 e. The highest BCUT2D eigenvalue weighted by molar-refractivity contribution is 6.00. The summed E-state index contributed by atoms with van der Waals surface area (Å²) in [6.07, 6.45) is 2.55. The van der Waals surface area contributed by atoms with Gasteiger partial charge in [-0.05, 0) is 50.6 Å². The first-order valence-corrected chi connectivity index (χ1v) is 9.67. The first kappa shape index (κ1) is 19.9. The van der Waals surface area contributed by atoms with Crippen molar-refractivity contribution in [2.75, 3.05) is 32.0 Å². The van der Waals surface area contributed by atoms with Crippen LogP contribution in [-0.2, 0) is 4.79 Å². The number of benzene rings is 2. The van der Waals surface area contributed by atoms with Gasteiger partial charge in [-0.1, -0.05) is 30.3 Å². The number of rotatable bonds is 6. The van der Waals surface area contributed by atoms with Crippen molar-refractivity contribution in [2.45, 2.75) is 25.3 Å². The van der Waals surface area contributed by atoms with Gasteiger partial charge in [-0.2, -0.15) is 0 Å². The number of hydrogen-bond acceptors (Lipinski definition) is 4. The third-order valence-electron chi connectivity index (χ3n) is 5.20. The van der Waals surface area contributed by atoms with Crippen LogP contribution in [0.15, 0.2) is 54.6 Å². The van der Waals surface area contributed by atoms with E-state index in [0.29, 0.717) is 18.7 Å². The molecule has 148 valence electrons. The molecule has 1 unspecified atom stereocenters. The van der Waals surface area contributed by atoms with Gasteiger partial charge in [0.25, 0.3) is 5.91 Å². The van der Waals surface area contributed by atoms with E-state index in [1.54, 1.807) is 0 Å². The van der Waals surface area contributed by atoms with Crippen LogP contribution in [0.1, 0.15) is 29.6 Å². The molecule has 0 spiro atoms. The van der Waals surface area contributed by atoms with E-state index in [4.69, 9.17) is 5.11 Å². The molecule has 6 heteroatoms. The molecule has 1 fully saturated rings. The van der Waals surface area contributed by atoms with Crippen LogP contribution >= 0.6 is 0 Å². The molecule has 0 aromatic heterocycles. The highest BCUT2D eigenvalue weighted by atomic mass is 16.4. The Morgan fingerprint density at radius 1 is 1.07 bits per heavy atom. The molecule has 0 aliphatic carbocycles. The van der Waals surface area contributed by atoms with Crippen molar-refractivity contribution >= 4 is 23.3 Å². The molecular formula is C22H27N3O3. The van der Waals surface area contributed by atoms with Crippen molar-refractivity contribution in [3.63, 3.8) is 0 Å². The van der Waals surface area contributed by atoms with Crippen LogP contribution in [0.3, 0.4) is 0 Å². The number of carbonyl (C=O) groups is 2. The Morgan fingerprint density at radius 3 is 2.54 bits per heavy atom. The summed E-state index contributed by atoms with van der Waals surface area (Å²) in [6, 6.07) is 17.6. The maximum absolute atomic E-state index is 13.2. The second-order valence-corrected chi connectivity index (χ2v) is 7.22. The van der Waals surface area contributed by atoms with Gasteiger partial charge in [-0.15, -0.1) is 0 Å². The summed E-state index contributed by atoms with van der Waals surface area (Å²) < 4.78 is 0. The Morgan fingerprint density at radius 2 is 1.79 bits per heavy atom. The van der Waals surface area contributed by atoms with Crippen LogP contribution in [0.2, 0.25) is 0 Å². The Labute approximate surface area is 165 Å². The van der Waals surface area contributed by atoms with Gasteiger partial charge in [0.1, 0.15) is 0 Å². The number of para-hydroxylation sites is 2. The van der Waals surface area contributed by atoms with E-state index in [0.717, 1.165) is 30.6 Å². The number of nitrogens with zero attached hydrogens (tertiary/aromatic N) is 2. The lowest BCUT2D eigenvalue weighted by Gasteiger charge is -2.26. The number of aliphatic carboxylic acids is 1. The van der Waals surface area contributed by atoms with Gasteiger partial charge < -0.3 is 15.3 Å². The molecule has 2 aromatic rings. The fraction of sp³-hybridized carbons (Fsp3) is 0.364. The number of amides is 1. The summed E-state index contributed by atoms with van der Waals surface area (Å²) in [5, 5.41) is 12.3. The number of carboxylic acid groups (broad SMARTS) is 1. The van der Waals surface area contributed by atoms with Gasteiger partial charge in [0, 0.05) is 24.8 Å². The molecule has 1 saturated heterocycles. The number of nitrogens with one attached hydrogen (secondary N) is 1. The zero-order valence-corrected chi connectivity index (χ0v) is 16.2. The van der Waals surface area contributed by atoms with Crippen molar-refractivity contribution < 1.29 is 14.7 Å². The van der Waals surface area contributed by atoms with Crippen LogP contribution in [0, 0.1) is 0 Å². The summed E-state index contributed by atoms with van der Waals surface area (Å²) in [6.45, 7) is 1.35. The number of carboxylic acids is 1. The normalized spacial score (nSPS) is 17.2. The zero-order chi connectivity index (χ0) is 19.9. The first-order chi connectivity index (χ1) is 13.5. The molecule has 1 aliphatic heterocycles. The maximum Gasteiger partial charge on any atom is 0.317 e. The van der Waals surface area contributed by atoms with E-state index in [1.807, 2.05) is 71.4 Å². The van der Waals surface area contributed by atoms with Gasteiger partial charge >= 0.3 is 5.97 Å². The number of likely N-dealkylation sites (N-methyl/N-ethyl adjacent to an activating group) is 1. The number of hydrogen-bond donors (Lipinski definition) is 2. The monoisotopic (exact) mass is 381 g/mol. The minimum atomic E-state index is -0.819. The Bertz CT molecular complexity index is 810. The van der Waals surface area contributed by atoms with Gasteiger partial charge in [0.05, 0.1) is 17.8 Å². The molecule has 0 bridgehead atoms. The van der Waals surface area contributed by atoms with E-state index >= 15 is 0 Å². The van der Waals surface area contributed by atoms with Crippen molar-refractivity contribution in [1.82, 2.24) is 9.80 Å². The van der Waals surface area contributed by atoms with E-state index in [1.165, 1.54) is 0 Å². The SMILES string of the molecule is CN(CC(=O)O)C1CCCN(C(=O)c2ccccc2Nc2ccccc2)CC1. The van der Waals surface area contributed by atoms with Crippen LogP contribution < -0.4 is 5.32 Å². The highest BCUT2D eigenvalue weighted by Crippen LogP contribution is 2.24. The topological polar surface area (TPSA) is 72.9 Å². The Hall–Kier alpha value is -2.86. The summed E-state index contributed by atoms with van der Waals surface area (Å²) in [5.41, 5.74) is 2.39. The van der Waals surface area contributed by atoms with Crippen LogP contribution in [0.4, 0.5) is 11.4 Å².